The molecule has 1 amide bonds. The first-order valence-corrected chi connectivity index (χ1v) is 14.0. The van der Waals surface area contributed by atoms with Crippen LogP contribution in [0, 0.1) is 23.1 Å². The van der Waals surface area contributed by atoms with Crippen molar-refractivity contribution in [2.75, 3.05) is 30.7 Å². The summed E-state index contributed by atoms with van der Waals surface area (Å²) < 4.78 is 23.5. The zero-order chi connectivity index (χ0) is 27.1. The van der Waals surface area contributed by atoms with Crippen molar-refractivity contribution in [1.29, 1.82) is 0 Å². The maximum Gasteiger partial charge on any atom is 0.341 e. The van der Waals surface area contributed by atoms with Crippen molar-refractivity contribution in [3.05, 3.63) is 39.4 Å². The number of pyridine rings is 1. The number of hydrogen-bond acceptors (Lipinski definition) is 6. The highest BCUT2D eigenvalue weighted by atomic mass is 19.1. The Labute approximate surface area is 224 Å². The van der Waals surface area contributed by atoms with E-state index in [4.69, 9.17) is 10.5 Å². The number of allylic oxidation sites excluding steroid dienone is 2. The Kier molecular flexibility index (Phi) is 5.31. The quantitative estimate of drug-likeness (QED) is 0.240. The van der Waals surface area contributed by atoms with E-state index in [0.717, 1.165) is 44.9 Å². The number of nitrogens with zero attached hydrogens (tertiary/aromatic N) is 1. The molecule has 2 heterocycles. The fraction of sp³-hybridized carbons (Fsp3) is 0.552. The number of fused-ring (bicyclic) bond motifs is 2. The van der Waals surface area contributed by atoms with Gasteiger partial charge in [0, 0.05) is 19.3 Å². The molecule has 206 valence electrons. The largest absolute Gasteiger partial charge is 0.487 e. The molecule has 0 saturated heterocycles. The van der Waals surface area contributed by atoms with E-state index in [9.17, 15) is 19.5 Å². The Morgan fingerprint density at radius 3 is 2.64 bits per heavy atom. The van der Waals surface area contributed by atoms with Gasteiger partial charge in [0.2, 0.25) is 11.3 Å². The number of rotatable bonds is 7. The third-order valence-electron chi connectivity index (χ3n) is 10.1. The van der Waals surface area contributed by atoms with Gasteiger partial charge in [-0.2, -0.15) is 0 Å². The Bertz CT molecular complexity index is 1510. The van der Waals surface area contributed by atoms with E-state index in [0.29, 0.717) is 36.9 Å². The summed E-state index contributed by atoms with van der Waals surface area (Å²) in [6.07, 6.45) is 11.6. The smallest absolute Gasteiger partial charge is 0.341 e. The molecule has 2 unspecified atom stereocenters. The number of hydrogen-bond donors (Lipinski definition) is 4. The number of carbonyl (C=O) groups is 2. The lowest BCUT2D eigenvalue weighted by Crippen LogP contribution is -2.54. The molecule has 4 bridgehead atoms. The number of nitrogens with two attached hydrogens (primary N) is 1. The number of ether oxygens (including phenoxy) is 1. The number of carboxylic acids is 1. The van der Waals surface area contributed by atoms with E-state index >= 15 is 4.39 Å². The molecule has 4 fully saturated rings. The van der Waals surface area contributed by atoms with E-state index < -0.39 is 28.3 Å². The third kappa shape index (κ3) is 3.39. The molecule has 7 aliphatic rings. The molecule has 1 aromatic heterocycles. The normalized spacial score (nSPS) is 27.2. The second kappa shape index (κ2) is 8.47. The monoisotopic (exact) mass is 536 g/mol. The molecule has 39 heavy (non-hydrogen) atoms. The second-order valence-electron chi connectivity index (χ2n) is 12.2. The summed E-state index contributed by atoms with van der Waals surface area (Å²) in [6.45, 7) is 1.06. The van der Waals surface area contributed by atoms with Crippen LogP contribution in [0.15, 0.2) is 22.6 Å². The van der Waals surface area contributed by atoms with Crippen molar-refractivity contribution >= 4 is 34.2 Å². The number of carbonyl (C=O) groups excluding carboxylic acids is 1. The molecule has 1 aliphatic heterocycles. The maximum atomic E-state index is 15.6. The molecule has 10 heteroatoms. The first-order chi connectivity index (χ1) is 18.7. The lowest BCUT2D eigenvalue weighted by Gasteiger charge is -2.57. The average molecular weight is 537 g/mol. The number of benzene rings is 1. The molecular weight excluding hydrogens is 503 g/mol. The van der Waals surface area contributed by atoms with Crippen LogP contribution in [0.25, 0.3) is 10.9 Å². The highest BCUT2D eigenvalue weighted by molar-refractivity contribution is 6.03. The summed E-state index contributed by atoms with van der Waals surface area (Å²) in [7, 11) is 0. The Hall–Kier alpha value is -3.56. The van der Waals surface area contributed by atoms with E-state index in [1.54, 1.807) is 10.1 Å². The van der Waals surface area contributed by atoms with Crippen molar-refractivity contribution in [1.82, 2.24) is 9.88 Å². The molecule has 6 aliphatic carbocycles. The van der Waals surface area contributed by atoms with Crippen LogP contribution in [0.1, 0.15) is 68.1 Å². The topological polar surface area (TPSA) is 136 Å². The van der Waals surface area contributed by atoms with Crippen LogP contribution in [0.4, 0.5) is 15.8 Å². The number of anilines is 2. The van der Waals surface area contributed by atoms with Crippen LogP contribution in [-0.4, -0.2) is 41.2 Å². The lowest BCUT2D eigenvalue weighted by atomic mass is 9.47. The van der Waals surface area contributed by atoms with Crippen LogP contribution in [-0.2, 0) is 10.3 Å². The van der Waals surface area contributed by atoms with Gasteiger partial charge in [0.05, 0.1) is 27.5 Å². The highest BCUT2D eigenvalue weighted by Crippen LogP contribution is 2.62. The van der Waals surface area contributed by atoms with Gasteiger partial charge in [0.15, 0.2) is 11.6 Å². The van der Waals surface area contributed by atoms with Gasteiger partial charge in [0.1, 0.15) is 17.9 Å². The molecule has 9 rings (SSSR count). The number of amides is 1. The number of aromatic nitrogens is 1. The SMILES string of the molecule is Nc1c(F)c(NCCCNC(=O)C23CC=C4C(CC4C2)C3)c2c3c1c(=O)c(C(=O)O)cn3C1(CCCC1)CO2. The van der Waals surface area contributed by atoms with Crippen LogP contribution < -0.4 is 26.5 Å². The van der Waals surface area contributed by atoms with Crippen molar-refractivity contribution in [3.63, 3.8) is 0 Å². The van der Waals surface area contributed by atoms with Gasteiger partial charge in [0.25, 0.3) is 0 Å². The van der Waals surface area contributed by atoms with E-state index in [1.807, 2.05) is 0 Å². The summed E-state index contributed by atoms with van der Waals surface area (Å²) >= 11 is 0. The molecular formula is C29H33FN4O5. The maximum absolute atomic E-state index is 15.6. The first kappa shape index (κ1) is 24.5. The fourth-order valence-electron chi connectivity index (χ4n) is 8.07. The third-order valence-corrected chi connectivity index (χ3v) is 10.1. The van der Waals surface area contributed by atoms with Crippen molar-refractivity contribution in [2.24, 2.45) is 17.3 Å². The van der Waals surface area contributed by atoms with Gasteiger partial charge in [-0.1, -0.05) is 24.5 Å². The molecule has 4 saturated carbocycles. The van der Waals surface area contributed by atoms with E-state index in [1.165, 1.54) is 12.6 Å². The van der Waals surface area contributed by atoms with Crippen molar-refractivity contribution < 1.29 is 23.8 Å². The Morgan fingerprint density at radius 2 is 1.95 bits per heavy atom. The molecule has 9 nitrogen and oxygen atoms in total. The number of carboxylic acid groups (broad SMARTS) is 1. The minimum atomic E-state index is -1.37. The second-order valence-corrected chi connectivity index (χ2v) is 12.2. The van der Waals surface area contributed by atoms with Crippen LogP contribution in [0.3, 0.4) is 0 Å². The van der Waals surface area contributed by atoms with Gasteiger partial charge < -0.3 is 30.8 Å². The number of halogens is 1. The highest BCUT2D eigenvalue weighted by Gasteiger charge is 2.56. The predicted molar refractivity (Wildman–Crippen MR) is 144 cm³/mol. The molecule has 0 radical (unpaired) electrons. The van der Waals surface area contributed by atoms with Gasteiger partial charge in [-0.15, -0.1) is 0 Å². The summed E-state index contributed by atoms with van der Waals surface area (Å²) in [5, 5.41) is 15.7. The number of nitrogens with one attached hydrogen (secondary N) is 2. The zero-order valence-electron chi connectivity index (χ0n) is 21.8. The van der Waals surface area contributed by atoms with Crippen LogP contribution >= 0.6 is 0 Å². The van der Waals surface area contributed by atoms with E-state index in [-0.39, 0.29) is 40.4 Å². The first-order valence-electron chi connectivity index (χ1n) is 14.0. The Morgan fingerprint density at radius 1 is 1.21 bits per heavy atom. The van der Waals surface area contributed by atoms with Crippen molar-refractivity contribution in [3.8, 4) is 5.75 Å². The lowest BCUT2D eigenvalue weighted by molar-refractivity contribution is -0.137. The molecule has 2 atom stereocenters. The van der Waals surface area contributed by atoms with Crippen molar-refractivity contribution in [2.45, 2.75) is 63.3 Å². The zero-order valence-corrected chi connectivity index (χ0v) is 21.8. The molecule has 2 aromatic rings. The predicted octanol–water partition coefficient (Wildman–Crippen LogP) is 3.75. The number of aromatic carboxylic acids is 1. The average Bonchev–Trinajstić information content (AvgIpc) is 3.39. The van der Waals surface area contributed by atoms with Gasteiger partial charge >= 0.3 is 5.97 Å². The summed E-state index contributed by atoms with van der Waals surface area (Å²) in [5.41, 5.74) is 5.73. The van der Waals surface area contributed by atoms with Gasteiger partial charge in [-0.25, -0.2) is 9.18 Å². The summed E-state index contributed by atoms with van der Waals surface area (Å²) in [5.74, 6) is -0.721. The molecule has 1 spiro atoms. The summed E-state index contributed by atoms with van der Waals surface area (Å²) in [4.78, 5) is 38.1. The van der Waals surface area contributed by atoms with Gasteiger partial charge in [-0.3, -0.25) is 9.59 Å². The van der Waals surface area contributed by atoms with Crippen LogP contribution in [0.2, 0.25) is 0 Å². The minimum absolute atomic E-state index is 0.0614. The molecule has 1 aromatic carbocycles. The Balaban J connectivity index is 1.13. The van der Waals surface area contributed by atoms with Crippen LogP contribution in [0.5, 0.6) is 5.75 Å². The minimum Gasteiger partial charge on any atom is -0.487 e. The summed E-state index contributed by atoms with van der Waals surface area (Å²) in [6, 6.07) is 0. The molecule has 5 N–H and O–H groups in total. The fourth-order valence-corrected chi connectivity index (χ4v) is 8.07. The number of nitrogen functional groups attached to an aromatic ring is 1. The standard InChI is InChI=1S/C29H33FN4O5/c30-20-21(31)19-23-25(39-14-29(5-1-2-6-29)34(23)13-18(24(19)35)26(36)37)22(20)32-8-3-9-33-27(38)28-7-4-17-15(11-28)10-16(17)12-28/h4,13,15-16,32H,1-3,5-12,14,31H2,(H,33,38)(H,36,37). The van der Waals surface area contributed by atoms with Gasteiger partial charge in [-0.05, 0) is 56.8 Å². The van der Waals surface area contributed by atoms with E-state index in [2.05, 4.69) is 16.7 Å².